The number of aromatic nitrogens is 2. The molecule has 2 aliphatic carbocycles. The molecule has 0 aromatic carbocycles. The third-order valence-corrected chi connectivity index (χ3v) is 8.67. The first-order valence-corrected chi connectivity index (χ1v) is 12.7. The van der Waals surface area contributed by atoms with Gasteiger partial charge in [0.05, 0.1) is 0 Å². The first kappa shape index (κ1) is 20.2. The Kier molecular flexibility index (Phi) is 5.68. The van der Waals surface area contributed by atoms with Crippen LogP contribution < -0.4 is 0 Å². The van der Waals surface area contributed by atoms with E-state index in [-0.39, 0.29) is 11.0 Å². The molecule has 3 aliphatic rings. The summed E-state index contributed by atoms with van der Waals surface area (Å²) in [5.74, 6) is 1.50. The number of hydrogen-bond acceptors (Lipinski definition) is 7. The van der Waals surface area contributed by atoms with Gasteiger partial charge in [-0.3, -0.25) is 4.90 Å². The molecule has 0 radical (unpaired) electrons. The molecule has 8 nitrogen and oxygen atoms in total. The van der Waals surface area contributed by atoms with Gasteiger partial charge >= 0.3 is 0 Å². The summed E-state index contributed by atoms with van der Waals surface area (Å²) in [4.78, 5) is 2.46. The van der Waals surface area contributed by atoms with E-state index in [4.69, 9.17) is 8.83 Å². The number of piperazine rings is 1. The van der Waals surface area contributed by atoms with Crippen LogP contribution in [0.25, 0.3) is 11.7 Å². The molecule has 3 fully saturated rings. The van der Waals surface area contributed by atoms with E-state index in [1.54, 1.807) is 6.07 Å². The van der Waals surface area contributed by atoms with Crippen molar-refractivity contribution in [1.82, 2.24) is 19.4 Å². The van der Waals surface area contributed by atoms with E-state index in [1.807, 2.05) is 0 Å². The first-order valence-electron chi connectivity index (χ1n) is 11.3. The van der Waals surface area contributed by atoms with Gasteiger partial charge in [-0.05, 0) is 37.8 Å². The molecular formula is C21H30N4O4S. The SMILES string of the molecule is O=S(=O)(c1ccc(-c2nnc(C3CCCC3)o2)o1)N1CCN(C2CCCCC2)CC1. The Balaban J connectivity index is 1.25. The van der Waals surface area contributed by atoms with E-state index in [9.17, 15) is 8.42 Å². The summed E-state index contributed by atoms with van der Waals surface area (Å²) in [5.41, 5.74) is 0. The topological polar surface area (TPSA) is 92.7 Å². The Hall–Kier alpha value is -1.71. The molecule has 0 N–H and O–H groups in total. The summed E-state index contributed by atoms with van der Waals surface area (Å²) in [5, 5.41) is 8.17. The van der Waals surface area contributed by atoms with Gasteiger partial charge in [0.15, 0.2) is 5.76 Å². The first-order chi connectivity index (χ1) is 14.6. The molecule has 164 valence electrons. The molecule has 0 amide bonds. The highest BCUT2D eigenvalue weighted by Crippen LogP contribution is 2.35. The maximum atomic E-state index is 13.1. The smallest absolute Gasteiger partial charge is 0.283 e. The fourth-order valence-corrected chi connectivity index (χ4v) is 6.46. The summed E-state index contributed by atoms with van der Waals surface area (Å²) < 4.78 is 39.1. The van der Waals surface area contributed by atoms with Gasteiger partial charge in [0.25, 0.3) is 15.9 Å². The van der Waals surface area contributed by atoms with E-state index in [2.05, 4.69) is 15.1 Å². The van der Waals surface area contributed by atoms with Crippen LogP contribution in [0.15, 0.2) is 26.1 Å². The molecule has 0 spiro atoms. The van der Waals surface area contributed by atoms with Crippen LogP contribution in [0.1, 0.15) is 69.6 Å². The highest BCUT2D eigenvalue weighted by Gasteiger charge is 2.34. The van der Waals surface area contributed by atoms with Gasteiger partial charge in [-0.2, -0.15) is 4.31 Å². The zero-order chi connectivity index (χ0) is 20.6. The van der Waals surface area contributed by atoms with Crippen molar-refractivity contribution in [2.24, 2.45) is 0 Å². The lowest BCUT2D eigenvalue weighted by atomic mass is 9.94. The van der Waals surface area contributed by atoms with Crippen LogP contribution in [0.5, 0.6) is 0 Å². The normalized spacial score (nSPS) is 23.3. The number of hydrogen-bond donors (Lipinski definition) is 0. The highest BCUT2D eigenvalue weighted by atomic mass is 32.2. The molecule has 1 aliphatic heterocycles. The van der Waals surface area contributed by atoms with Crippen LogP contribution in [-0.4, -0.2) is 60.0 Å². The predicted molar refractivity (Wildman–Crippen MR) is 110 cm³/mol. The third kappa shape index (κ3) is 3.94. The second-order valence-electron chi connectivity index (χ2n) is 8.78. The second kappa shape index (κ2) is 8.43. The minimum atomic E-state index is -3.66. The summed E-state index contributed by atoms with van der Waals surface area (Å²) in [7, 11) is -3.66. The van der Waals surface area contributed by atoms with Gasteiger partial charge in [-0.25, -0.2) is 8.42 Å². The molecule has 5 rings (SSSR count). The van der Waals surface area contributed by atoms with E-state index in [0.717, 1.165) is 25.9 Å². The Morgan fingerprint density at radius 3 is 2.27 bits per heavy atom. The molecule has 2 aromatic heterocycles. The molecule has 30 heavy (non-hydrogen) atoms. The Morgan fingerprint density at radius 1 is 0.833 bits per heavy atom. The third-order valence-electron chi connectivity index (χ3n) is 6.90. The van der Waals surface area contributed by atoms with Crippen LogP contribution in [-0.2, 0) is 10.0 Å². The van der Waals surface area contributed by atoms with Crippen molar-refractivity contribution < 1.29 is 17.3 Å². The molecule has 0 atom stereocenters. The second-order valence-corrected chi connectivity index (χ2v) is 10.6. The van der Waals surface area contributed by atoms with Crippen LogP contribution >= 0.6 is 0 Å². The maximum Gasteiger partial charge on any atom is 0.283 e. The summed E-state index contributed by atoms with van der Waals surface area (Å²) in [6, 6.07) is 3.72. The quantitative estimate of drug-likeness (QED) is 0.709. The number of nitrogens with zero attached hydrogens (tertiary/aromatic N) is 4. The largest absolute Gasteiger partial charge is 0.438 e. The lowest BCUT2D eigenvalue weighted by molar-refractivity contribution is 0.110. The molecule has 2 aromatic rings. The van der Waals surface area contributed by atoms with E-state index in [0.29, 0.717) is 36.7 Å². The monoisotopic (exact) mass is 434 g/mol. The molecule has 1 saturated heterocycles. The fourth-order valence-electron chi connectivity index (χ4n) is 5.13. The van der Waals surface area contributed by atoms with Gasteiger partial charge in [-0.1, -0.05) is 32.1 Å². The molecule has 2 saturated carbocycles. The van der Waals surface area contributed by atoms with Gasteiger partial charge in [-0.15, -0.1) is 10.2 Å². The molecule has 3 heterocycles. The van der Waals surface area contributed by atoms with E-state index >= 15 is 0 Å². The lowest BCUT2D eigenvalue weighted by Gasteiger charge is -2.39. The van der Waals surface area contributed by atoms with Gasteiger partial charge in [0.1, 0.15) is 0 Å². The van der Waals surface area contributed by atoms with Crippen molar-refractivity contribution in [2.75, 3.05) is 26.2 Å². The average molecular weight is 435 g/mol. The molecule has 0 bridgehead atoms. The summed E-state index contributed by atoms with van der Waals surface area (Å²) in [6.07, 6.45) is 10.9. The minimum Gasteiger partial charge on any atom is -0.438 e. The van der Waals surface area contributed by atoms with Crippen molar-refractivity contribution in [2.45, 2.75) is 74.8 Å². The minimum absolute atomic E-state index is 0.0516. The fraction of sp³-hybridized carbons (Fsp3) is 0.714. The Morgan fingerprint density at radius 2 is 1.53 bits per heavy atom. The van der Waals surface area contributed by atoms with Crippen LogP contribution in [0, 0.1) is 0 Å². The van der Waals surface area contributed by atoms with Gasteiger partial charge in [0, 0.05) is 38.1 Å². The predicted octanol–water partition coefficient (Wildman–Crippen LogP) is 3.63. The van der Waals surface area contributed by atoms with Crippen molar-refractivity contribution in [1.29, 1.82) is 0 Å². The number of furan rings is 1. The zero-order valence-corrected chi connectivity index (χ0v) is 18.1. The van der Waals surface area contributed by atoms with E-state index < -0.39 is 10.0 Å². The highest BCUT2D eigenvalue weighted by molar-refractivity contribution is 7.89. The maximum absolute atomic E-state index is 13.1. The Labute approximate surface area is 177 Å². The van der Waals surface area contributed by atoms with E-state index in [1.165, 1.54) is 55.3 Å². The summed E-state index contributed by atoms with van der Waals surface area (Å²) in [6.45, 7) is 2.57. The lowest BCUT2D eigenvalue weighted by Crippen LogP contribution is -2.52. The molecule has 0 unspecified atom stereocenters. The Bertz CT molecular complexity index is 949. The van der Waals surface area contributed by atoms with Gasteiger partial charge in [0.2, 0.25) is 11.0 Å². The molecule has 9 heteroatoms. The van der Waals surface area contributed by atoms with Crippen LogP contribution in [0.4, 0.5) is 0 Å². The number of sulfonamides is 1. The number of rotatable bonds is 5. The van der Waals surface area contributed by atoms with Crippen molar-refractivity contribution in [3.63, 3.8) is 0 Å². The zero-order valence-electron chi connectivity index (χ0n) is 17.3. The summed E-state index contributed by atoms with van der Waals surface area (Å²) >= 11 is 0. The molecular weight excluding hydrogens is 404 g/mol. The van der Waals surface area contributed by atoms with Gasteiger partial charge < -0.3 is 8.83 Å². The van der Waals surface area contributed by atoms with Crippen molar-refractivity contribution in [3.8, 4) is 11.7 Å². The average Bonchev–Trinajstić information content (AvgIpc) is 3.55. The van der Waals surface area contributed by atoms with Crippen LogP contribution in [0.3, 0.4) is 0 Å². The van der Waals surface area contributed by atoms with Crippen molar-refractivity contribution >= 4 is 10.0 Å². The van der Waals surface area contributed by atoms with Crippen LogP contribution in [0.2, 0.25) is 0 Å². The standard InChI is InChI=1S/C21H30N4O4S/c26-30(27,25-14-12-24(13-15-25)17-8-2-1-3-9-17)19-11-10-18(28-19)21-23-22-20(29-21)16-6-4-5-7-16/h10-11,16-17H,1-9,12-15H2. The van der Waals surface area contributed by atoms with Crippen molar-refractivity contribution in [3.05, 3.63) is 18.0 Å².